The monoisotopic (exact) mass is 332 g/mol. The van der Waals surface area contributed by atoms with Crippen molar-refractivity contribution in [2.45, 2.75) is 32.2 Å². The number of carboxylic acid groups (broad SMARTS) is 1. The first-order valence-electron chi connectivity index (χ1n) is 8.44. The molecule has 0 radical (unpaired) electrons. The van der Waals surface area contributed by atoms with Crippen molar-refractivity contribution in [3.8, 4) is 0 Å². The second-order valence-corrected chi connectivity index (χ2v) is 6.67. The fourth-order valence-corrected chi connectivity index (χ4v) is 3.46. The number of nitrogens with one attached hydrogen (secondary N) is 1. The molecule has 1 saturated heterocycles. The maximum absolute atomic E-state index is 15.0. The lowest BCUT2D eigenvalue weighted by molar-refractivity contribution is -0.129. The molecule has 0 spiro atoms. The van der Waals surface area contributed by atoms with E-state index in [4.69, 9.17) is 0 Å². The SMILES string of the molecule is Cc1c(F)c(N2CCNCC2)cc2c1CC(C(=O)O)=NN2C1CC1. The van der Waals surface area contributed by atoms with Gasteiger partial charge in [-0.3, -0.25) is 5.01 Å². The van der Waals surface area contributed by atoms with Crippen molar-refractivity contribution in [1.82, 2.24) is 5.32 Å². The Labute approximate surface area is 139 Å². The average Bonchev–Trinajstić information content (AvgIpc) is 3.43. The number of benzene rings is 1. The van der Waals surface area contributed by atoms with Gasteiger partial charge in [-0.1, -0.05) is 0 Å². The van der Waals surface area contributed by atoms with Crippen molar-refractivity contribution in [3.63, 3.8) is 0 Å². The highest BCUT2D eigenvalue weighted by Crippen LogP contribution is 2.41. The van der Waals surface area contributed by atoms with Gasteiger partial charge in [0.1, 0.15) is 11.5 Å². The third-order valence-electron chi connectivity index (χ3n) is 5.01. The van der Waals surface area contributed by atoms with Gasteiger partial charge in [0.05, 0.1) is 17.4 Å². The number of fused-ring (bicyclic) bond motifs is 1. The number of anilines is 2. The van der Waals surface area contributed by atoms with Crippen LogP contribution < -0.4 is 15.2 Å². The first kappa shape index (κ1) is 15.4. The van der Waals surface area contributed by atoms with E-state index in [0.717, 1.165) is 50.3 Å². The third-order valence-corrected chi connectivity index (χ3v) is 5.01. The summed E-state index contributed by atoms with van der Waals surface area (Å²) in [7, 11) is 0. The summed E-state index contributed by atoms with van der Waals surface area (Å²) in [6, 6.07) is 2.10. The normalized spacial score (nSPS) is 20.7. The predicted octanol–water partition coefficient (Wildman–Crippen LogP) is 1.51. The fourth-order valence-electron chi connectivity index (χ4n) is 3.46. The van der Waals surface area contributed by atoms with Crippen LogP contribution in [0.4, 0.5) is 15.8 Å². The Balaban J connectivity index is 1.80. The molecule has 2 N–H and O–H groups in total. The van der Waals surface area contributed by atoms with Crippen molar-refractivity contribution in [3.05, 3.63) is 23.0 Å². The van der Waals surface area contributed by atoms with Gasteiger partial charge in [-0.05, 0) is 37.0 Å². The van der Waals surface area contributed by atoms with Crippen LogP contribution in [0.25, 0.3) is 0 Å². The maximum Gasteiger partial charge on any atom is 0.352 e. The number of aliphatic carboxylic acids is 1. The zero-order valence-corrected chi connectivity index (χ0v) is 13.7. The second kappa shape index (κ2) is 5.73. The molecule has 2 fully saturated rings. The number of nitrogens with zero attached hydrogens (tertiary/aromatic N) is 3. The van der Waals surface area contributed by atoms with Gasteiger partial charge in [-0.2, -0.15) is 5.10 Å². The van der Waals surface area contributed by atoms with Crippen molar-refractivity contribution in [1.29, 1.82) is 0 Å². The molecule has 2 aliphatic heterocycles. The Bertz CT molecular complexity index is 724. The van der Waals surface area contributed by atoms with Crippen LogP contribution in [0.1, 0.15) is 24.0 Å². The van der Waals surface area contributed by atoms with E-state index in [1.807, 2.05) is 6.07 Å². The summed E-state index contributed by atoms with van der Waals surface area (Å²) in [5.41, 5.74) is 2.86. The predicted molar refractivity (Wildman–Crippen MR) is 90.5 cm³/mol. The first-order valence-corrected chi connectivity index (χ1v) is 8.44. The van der Waals surface area contributed by atoms with Gasteiger partial charge in [0.2, 0.25) is 0 Å². The zero-order chi connectivity index (χ0) is 16.8. The van der Waals surface area contributed by atoms with Crippen LogP contribution in [-0.2, 0) is 11.2 Å². The highest BCUT2D eigenvalue weighted by atomic mass is 19.1. The molecule has 0 atom stereocenters. The van der Waals surface area contributed by atoms with Crippen LogP contribution in [-0.4, -0.2) is 49.0 Å². The summed E-state index contributed by atoms with van der Waals surface area (Å²) < 4.78 is 15.0. The van der Waals surface area contributed by atoms with E-state index < -0.39 is 5.97 Å². The Morgan fingerprint density at radius 3 is 2.67 bits per heavy atom. The number of hydrogen-bond acceptors (Lipinski definition) is 5. The second-order valence-electron chi connectivity index (χ2n) is 6.67. The summed E-state index contributed by atoms with van der Waals surface area (Å²) in [5.74, 6) is -1.27. The molecule has 24 heavy (non-hydrogen) atoms. The number of hydrazone groups is 1. The van der Waals surface area contributed by atoms with E-state index in [2.05, 4.69) is 15.3 Å². The molecule has 3 aliphatic rings. The minimum absolute atomic E-state index is 0.0897. The molecule has 0 unspecified atom stereocenters. The third kappa shape index (κ3) is 2.53. The number of rotatable bonds is 3. The summed E-state index contributed by atoms with van der Waals surface area (Å²) in [6.07, 6.45) is 2.17. The van der Waals surface area contributed by atoms with Crippen LogP contribution in [0, 0.1) is 12.7 Å². The molecule has 0 amide bonds. The van der Waals surface area contributed by atoms with E-state index >= 15 is 0 Å². The minimum Gasteiger partial charge on any atom is -0.477 e. The molecule has 6 nitrogen and oxygen atoms in total. The standard InChI is InChI=1S/C17H21FN4O2/c1-10-12-8-13(17(23)24)20-22(11-2-3-11)14(12)9-15(16(10)18)21-6-4-19-5-7-21/h9,11,19H,2-8H2,1H3,(H,23,24). The molecule has 1 aliphatic carbocycles. The van der Waals surface area contributed by atoms with Gasteiger partial charge in [0.15, 0.2) is 0 Å². The number of hydrogen-bond donors (Lipinski definition) is 2. The Morgan fingerprint density at radius 2 is 2.04 bits per heavy atom. The number of carbonyl (C=O) groups is 1. The average molecular weight is 332 g/mol. The molecule has 1 aromatic rings. The molecule has 7 heteroatoms. The molecule has 128 valence electrons. The molecule has 2 heterocycles. The molecule has 1 aromatic carbocycles. The Hall–Kier alpha value is -2.15. The molecular formula is C17H21FN4O2. The molecule has 1 saturated carbocycles. The highest BCUT2D eigenvalue weighted by molar-refractivity contribution is 6.36. The first-order chi connectivity index (χ1) is 11.6. The number of halogens is 1. The lowest BCUT2D eigenvalue weighted by atomic mass is 9.96. The zero-order valence-electron chi connectivity index (χ0n) is 13.7. The van der Waals surface area contributed by atoms with Gasteiger partial charge in [0, 0.05) is 32.6 Å². The maximum atomic E-state index is 15.0. The van der Waals surface area contributed by atoms with Gasteiger partial charge < -0.3 is 15.3 Å². The molecule has 4 rings (SSSR count). The molecule has 0 aromatic heterocycles. The quantitative estimate of drug-likeness (QED) is 0.878. The largest absolute Gasteiger partial charge is 0.477 e. The summed E-state index contributed by atoms with van der Waals surface area (Å²) >= 11 is 0. The van der Waals surface area contributed by atoms with Gasteiger partial charge in [-0.25, -0.2) is 9.18 Å². The number of piperazine rings is 1. The van der Waals surface area contributed by atoms with Crippen LogP contribution in [0.3, 0.4) is 0 Å². The Morgan fingerprint density at radius 1 is 1.33 bits per heavy atom. The summed E-state index contributed by atoms with van der Waals surface area (Å²) in [4.78, 5) is 13.5. The van der Waals surface area contributed by atoms with Crippen LogP contribution in [0.5, 0.6) is 0 Å². The minimum atomic E-state index is -1.03. The smallest absolute Gasteiger partial charge is 0.352 e. The Kier molecular flexibility index (Phi) is 3.68. The molecule has 0 bridgehead atoms. The van der Waals surface area contributed by atoms with Crippen LogP contribution in [0.2, 0.25) is 0 Å². The van der Waals surface area contributed by atoms with Gasteiger partial charge >= 0.3 is 5.97 Å². The number of carboxylic acids is 1. The van der Waals surface area contributed by atoms with Crippen molar-refractivity contribution in [2.75, 3.05) is 36.1 Å². The van der Waals surface area contributed by atoms with Crippen molar-refractivity contribution in [2.24, 2.45) is 5.10 Å². The van der Waals surface area contributed by atoms with E-state index in [1.165, 1.54) is 0 Å². The van der Waals surface area contributed by atoms with E-state index in [1.54, 1.807) is 11.9 Å². The van der Waals surface area contributed by atoms with Crippen molar-refractivity contribution < 1.29 is 14.3 Å². The lowest BCUT2D eigenvalue weighted by Crippen LogP contribution is -2.44. The topological polar surface area (TPSA) is 68.2 Å². The van der Waals surface area contributed by atoms with E-state index in [-0.39, 0.29) is 24.0 Å². The van der Waals surface area contributed by atoms with E-state index in [0.29, 0.717) is 11.3 Å². The highest BCUT2D eigenvalue weighted by Gasteiger charge is 2.36. The fraction of sp³-hybridized carbons (Fsp3) is 0.529. The van der Waals surface area contributed by atoms with Crippen LogP contribution in [0.15, 0.2) is 11.2 Å². The summed E-state index contributed by atoms with van der Waals surface area (Å²) in [5, 5.41) is 18.8. The summed E-state index contributed by atoms with van der Waals surface area (Å²) in [6.45, 7) is 4.95. The van der Waals surface area contributed by atoms with E-state index in [9.17, 15) is 14.3 Å². The van der Waals surface area contributed by atoms with Crippen LogP contribution >= 0.6 is 0 Å². The van der Waals surface area contributed by atoms with Gasteiger partial charge in [-0.15, -0.1) is 0 Å². The molecular weight excluding hydrogens is 311 g/mol. The van der Waals surface area contributed by atoms with Gasteiger partial charge in [0.25, 0.3) is 0 Å². The van der Waals surface area contributed by atoms with Crippen molar-refractivity contribution >= 4 is 23.1 Å². The lowest BCUT2D eigenvalue weighted by Gasteiger charge is -2.34.